The number of fused-ring (bicyclic) bond motifs is 1. The summed E-state index contributed by atoms with van der Waals surface area (Å²) in [6.07, 6.45) is 4.84. The molecule has 1 aromatic rings. The van der Waals surface area contributed by atoms with Gasteiger partial charge in [-0.3, -0.25) is 9.79 Å². The van der Waals surface area contributed by atoms with Crippen molar-refractivity contribution >= 4 is 11.9 Å². The molecule has 166 valence electrons. The molecule has 0 aliphatic carbocycles. The quantitative estimate of drug-likeness (QED) is 0.571. The van der Waals surface area contributed by atoms with Crippen LogP contribution in [0.25, 0.3) is 0 Å². The van der Waals surface area contributed by atoms with Gasteiger partial charge in [0.2, 0.25) is 5.91 Å². The number of hydrogen-bond acceptors (Lipinski definition) is 4. The number of nitrogens with zero attached hydrogens (tertiary/aromatic N) is 3. The molecule has 3 rings (SSSR count). The number of rotatable bonds is 6. The van der Waals surface area contributed by atoms with Gasteiger partial charge >= 0.3 is 0 Å². The Balaban J connectivity index is 1.65. The van der Waals surface area contributed by atoms with E-state index in [1.54, 1.807) is 14.2 Å². The van der Waals surface area contributed by atoms with Crippen LogP contribution < -0.4 is 14.8 Å². The third-order valence-corrected chi connectivity index (χ3v) is 6.06. The molecule has 2 aliphatic heterocycles. The highest BCUT2D eigenvalue weighted by atomic mass is 16.5. The van der Waals surface area contributed by atoms with Crippen LogP contribution in [0.3, 0.4) is 0 Å². The van der Waals surface area contributed by atoms with E-state index >= 15 is 0 Å². The van der Waals surface area contributed by atoms with E-state index in [1.165, 1.54) is 17.5 Å². The largest absolute Gasteiger partial charge is 0.493 e. The molecular weight excluding hydrogens is 380 g/mol. The number of nitrogens with one attached hydrogen (secondary N) is 1. The zero-order chi connectivity index (χ0) is 21.5. The summed E-state index contributed by atoms with van der Waals surface area (Å²) in [6, 6.07) is 4.49. The van der Waals surface area contributed by atoms with Gasteiger partial charge in [0, 0.05) is 38.6 Å². The lowest BCUT2D eigenvalue weighted by atomic mass is 9.99. The predicted octanol–water partition coefficient (Wildman–Crippen LogP) is 2.82. The Hall–Kier alpha value is -2.44. The molecule has 0 saturated carbocycles. The molecule has 30 heavy (non-hydrogen) atoms. The Kier molecular flexibility index (Phi) is 7.82. The first-order valence-electron chi connectivity index (χ1n) is 11.1. The molecule has 1 N–H and O–H groups in total. The normalized spacial score (nSPS) is 19.3. The smallest absolute Gasteiger partial charge is 0.224 e. The zero-order valence-electron chi connectivity index (χ0n) is 18.9. The van der Waals surface area contributed by atoms with Crippen LogP contribution in [0.4, 0.5) is 0 Å². The summed E-state index contributed by atoms with van der Waals surface area (Å²) in [5.74, 6) is 2.62. The Labute approximate surface area is 180 Å². The van der Waals surface area contributed by atoms with E-state index in [4.69, 9.17) is 14.5 Å². The van der Waals surface area contributed by atoms with Crippen molar-refractivity contribution < 1.29 is 14.3 Å². The second kappa shape index (κ2) is 10.5. The topological polar surface area (TPSA) is 66.4 Å². The first-order chi connectivity index (χ1) is 14.6. The van der Waals surface area contributed by atoms with E-state index in [1.807, 2.05) is 4.90 Å². The fourth-order valence-corrected chi connectivity index (χ4v) is 4.36. The molecule has 1 amide bonds. The van der Waals surface area contributed by atoms with Crippen molar-refractivity contribution in [2.24, 2.45) is 4.99 Å². The van der Waals surface area contributed by atoms with Crippen LogP contribution in [0.1, 0.15) is 50.7 Å². The van der Waals surface area contributed by atoms with Gasteiger partial charge in [0.1, 0.15) is 0 Å². The van der Waals surface area contributed by atoms with E-state index in [0.717, 1.165) is 62.9 Å². The number of piperidine rings is 1. The molecule has 1 atom stereocenters. The average Bonchev–Trinajstić information content (AvgIpc) is 2.77. The first kappa shape index (κ1) is 22.2. The van der Waals surface area contributed by atoms with Crippen LogP contribution in [0, 0.1) is 0 Å². The number of methoxy groups -OCH3 is 2. The van der Waals surface area contributed by atoms with Crippen LogP contribution >= 0.6 is 0 Å². The molecular formula is C23H36N4O3. The molecule has 1 aromatic carbocycles. The van der Waals surface area contributed by atoms with Gasteiger partial charge in [-0.2, -0.15) is 0 Å². The van der Waals surface area contributed by atoms with Crippen LogP contribution in [-0.2, 0) is 17.8 Å². The number of carbonyl (C=O) groups is 1. The Morgan fingerprint density at radius 2 is 1.90 bits per heavy atom. The summed E-state index contributed by atoms with van der Waals surface area (Å²) in [7, 11) is 3.33. The van der Waals surface area contributed by atoms with Crippen LogP contribution in [0.15, 0.2) is 17.1 Å². The van der Waals surface area contributed by atoms with Crippen molar-refractivity contribution in [3.05, 3.63) is 23.3 Å². The van der Waals surface area contributed by atoms with Crippen molar-refractivity contribution in [3.8, 4) is 11.5 Å². The lowest BCUT2D eigenvalue weighted by Crippen LogP contribution is -2.44. The molecule has 0 aromatic heterocycles. The van der Waals surface area contributed by atoms with Gasteiger partial charge in [-0.1, -0.05) is 0 Å². The Bertz CT molecular complexity index is 765. The number of guanidine groups is 1. The van der Waals surface area contributed by atoms with Crippen LogP contribution in [0.2, 0.25) is 0 Å². The molecule has 2 aliphatic rings. The number of amides is 1. The highest BCUT2D eigenvalue weighted by Gasteiger charge is 2.24. The van der Waals surface area contributed by atoms with E-state index in [9.17, 15) is 4.79 Å². The fourth-order valence-electron chi connectivity index (χ4n) is 4.36. The van der Waals surface area contributed by atoms with Crippen molar-refractivity contribution in [2.75, 3.05) is 40.4 Å². The molecule has 0 radical (unpaired) electrons. The summed E-state index contributed by atoms with van der Waals surface area (Å²) in [4.78, 5) is 21.7. The number of hydrogen-bond donors (Lipinski definition) is 1. The second-order valence-corrected chi connectivity index (χ2v) is 8.07. The van der Waals surface area contributed by atoms with Gasteiger partial charge in [-0.15, -0.1) is 0 Å². The second-order valence-electron chi connectivity index (χ2n) is 8.07. The lowest BCUT2D eigenvalue weighted by Gasteiger charge is -2.33. The SMILES string of the molecule is CCNC(=NCCC(=O)N1CCCCC1C)N1CCc2cc(OC)c(OC)cc2C1. The van der Waals surface area contributed by atoms with Gasteiger partial charge in [-0.25, -0.2) is 0 Å². The van der Waals surface area contributed by atoms with E-state index in [0.29, 0.717) is 19.0 Å². The van der Waals surface area contributed by atoms with E-state index < -0.39 is 0 Å². The molecule has 1 saturated heterocycles. The Morgan fingerprint density at radius 1 is 1.17 bits per heavy atom. The minimum Gasteiger partial charge on any atom is -0.493 e. The van der Waals surface area contributed by atoms with Gasteiger partial charge in [0.05, 0.1) is 20.8 Å². The maximum Gasteiger partial charge on any atom is 0.224 e. The minimum atomic E-state index is 0.225. The monoisotopic (exact) mass is 416 g/mol. The highest BCUT2D eigenvalue weighted by Crippen LogP contribution is 2.33. The summed E-state index contributed by atoms with van der Waals surface area (Å²) >= 11 is 0. The van der Waals surface area contributed by atoms with Crippen molar-refractivity contribution in [3.63, 3.8) is 0 Å². The van der Waals surface area contributed by atoms with Crippen LogP contribution in [0.5, 0.6) is 11.5 Å². The molecule has 7 nitrogen and oxygen atoms in total. The van der Waals surface area contributed by atoms with E-state index in [2.05, 4.69) is 36.2 Å². The highest BCUT2D eigenvalue weighted by molar-refractivity contribution is 5.81. The lowest BCUT2D eigenvalue weighted by molar-refractivity contribution is -0.134. The number of aliphatic imine (C=N–C) groups is 1. The fraction of sp³-hybridized carbons (Fsp3) is 0.652. The Morgan fingerprint density at radius 3 is 2.57 bits per heavy atom. The van der Waals surface area contributed by atoms with Crippen LogP contribution in [-0.4, -0.2) is 68.1 Å². The van der Waals surface area contributed by atoms with Crippen molar-refractivity contribution in [1.82, 2.24) is 15.1 Å². The molecule has 1 unspecified atom stereocenters. The van der Waals surface area contributed by atoms with Crippen molar-refractivity contribution in [1.29, 1.82) is 0 Å². The maximum absolute atomic E-state index is 12.6. The molecule has 0 spiro atoms. The van der Waals surface area contributed by atoms with E-state index in [-0.39, 0.29) is 5.91 Å². The number of benzene rings is 1. The molecule has 1 fully saturated rings. The summed E-state index contributed by atoms with van der Waals surface area (Å²) in [6.45, 7) is 8.06. The van der Waals surface area contributed by atoms with Gasteiger partial charge in [-0.05, 0) is 62.8 Å². The minimum absolute atomic E-state index is 0.225. The number of ether oxygens (including phenoxy) is 2. The molecule has 7 heteroatoms. The number of likely N-dealkylation sites (tertiary alicyclic amines) is 1. The summed E-state index contributed by atoms with van der Waals surface area (Å²) in [5, 5.41) is 3.39. The van der Waals surface area contributed by atoms with Gasteiger partial charge in [0.25, 0.3) is 0 Å². The third kappa shape index (κ3) is 5.18. The average molecular weight is 417 g/mol. The maximum atomic E-state index is 12.6. The summed E-state index contributed by atoms with van der Waals surface area (Å²) < 4.78 is 10.9. The molecule has 2 heterocycles. The first-order valence-corrected chi connectivity index (χ1v) is 11.1. The predicted molar refractivity (Wildman–Crippen MR) is 119 cm³/mol. The van der Waals surface area contributed by atoms with Gasteiger partial charge in [0.15, 0.2) is 17.5 Å². The van der Waals surface area contributed by atoms with Crippen molar-refractivity contribution in [2.45, 2.75) is 58.5 Å². The zero-order valence-corrected chi connectivity index (χ0v) is 18.9. The van der Waals surface area contributed by atoms with Gasteiger partial charge < -0.3 is 24.6 Å². The standard InChI is InChI=1S/C23H36N4O3/c1-5-24-23(25-11-9-22(28)27-12-7-6-8-17(27)2)26-13-10-18-14-20(29-3)21(30-4)15-19(18)16-26/h14-15,17H,5-13,16H2,1-4H3,(H,24,25). The third-order valence-electron chi connectivity index (χ3n) is 6.06. The molecule has 0 bridgehead atoms. The summed E-state index contributed by atoms with van der Waals surface area (Å²) in [5.41, 5.74) is 2.51. The number of carbonyl (C=O) groups excluding carboxylic acids is 1.